The molecule has 2 aliphatic heterocycles. The molecule has 2 saturated heterocycles. The number of aldehydes is 1. The summed E-state index contributed by atoms with van der Waals surface area (Å²) in [4.78, 5) is 12.8. The van der Waals surface area contributed by atoms with Gasteiger partial charge < -0.3 is 9.90 Å². The van der Waals surface area contributed by atoms with Crippen LogP contribution in [-0.4, -0.2) is 50.4 Å². The molecule has 0 radical (unpaired) electrons. The highest BCUT2D eigenvalue weighted by molar-refractivity contribution is 5.49. The second-order valence-electron chi connectivity index (χ2n) is 6.03. The van der Waals surface area contributed by atoms with Crippen molar-refractivity contribution in [2.75, 3.05) is 13.6 Å². The molecule has 6 heteroatoms. The number of carbonyl (C=O) groups is 1. The van der Waals surface area contributed by atoms with E-state index in [9.17, 15) is 4.79 Å². The van der Waals surface area contributed by atoms with Gasteiger partial charge in [0.1, 0.15) is 12.0 Å². The van der Waals surface area contributed by atoms with Gasteiger partial charge in [0.15, 0.2) is 0 Å². The molecule has 19 heavy (non-hydrogen) atoms. The summed E-state index contributed by atoms with van der Waals surface area (Å²) < 4.78 is 1.93. The van der Waals surface area contributed by atoms with E-state index >= 15 is 0 Å². The number of unbranched alkanes of at least 4 members (excludes halogenated alkanes) is 1. The molecular formula is C13H20N4O2. The van der Waals surface area contributed by atoms with Crippen LogP contribution in [-0.2, 0) is 16.9 Å². The molecule has 3 aliphatic rings. The second kappa shape index (κ2) is 4.38. The quantitative estimate of drug-likeness (QED) is 0.591. The van der Waals surface area contributed by atoms with Crippen LogP contribution >= 0.6 is 0 Å². The first kappa shape index (κ1) is 12.7. The van der Waals surface area contributed by atoms with Gasteiger partial charge in [-0.3, -0.25) is 4.90 Å². The zero-order valence-electron chi connectivity index (χ0n) is 11.2. The fourth-order valence-electron chi connectivity index (χ4n) is 3.88. The Labute approximate surface area is 112 Å². The molecule has 1 aromatic rings. The number of aliphatic hydroxyl groups excluding tert-OH is 1. The van der Waals surface area contributed by atoms with Crippen LogP contribution in [0.5, 0.6) is 0 Å². The summed E-state index contributed by atoms with van der Waals surface area (Å²) in [6, 6.07) is 0. The maximum absolute atomic E-state index is 10.4. The van der Waals surface area contributed by atoms with Crippen molar-refractivity contribution in [2.24, 2.45) is 0 Å². The SMILES string of the molecule is CN1CC2(n3cc(CO)nn3)CC1(CCCC=O)C2. The predicted octanol–water partition coefficient (Wildman–Crippen LogP) is 0.313. The van der Waals surface area contributed by atoms with Crippen molar-refractivity contribution in [1.82, 2.24) is 19.9 Å². The van der Waals surface area contributed by atoms with E-state index in [1.54, 1.807) is 0 Å². The van der Waals surface area contributed by atoms with Crippen LogP contribution in [0.3, 0.4) is 0 Å². The number of likely N-dealkylation sites (N-methyl/N-ethyl adjacent to an activating group) is 1. The van der Waals surface area contributed by atoms with Crippen molar-refractivity contribution in [3.8, 4) is 0 Å². The Morgan fingerprint density at radius 2 is 2.32 bits per heavy atom. The lowest BCUT2D eigenvalue weighted by Gasteiger charge is -2.47. The smallest absolute Gasteiger partial charge is 0.119 e. The average Bonchev–Trinajstić information content (AvgIpc) is 2.99. The molecule has 0 amide bonds. The van der Waals surface area contributed by atoms with E-state index in [1.807, 2.05) is 10.9 Å². The van der Waals surface area contributed by atoms with Crippen molar-refractivity contribution >= 4 is 6.29 Å². The Kier molecular flexibility index (Phi) is 2.94. The summed E-state index contributed by atoms with van der Waals surface area (Å²) in [7, 11) is 2.15. The van der Waals surface area contributed by atoms with E-state index in [1.165, 1.54) is 0 Å². The maximum atomic E-state index is 10.4. The Balaban J connectivity index is 1.72. The van der Waals surface area contributed by atoms with Gasteiger partial charge in [0.2, 0.25) is 0 Å². The van der Waals surface area contributed by atoms with Crippen LogP contribution in [0.25, 0.3) is 0 Å². The first-order chi connectivity index (χ1) is 9.14. The standard InChI is InChI=1S/C13H20N4O2/c1-16-10-13(17-6-11(7-19)14-15-17)8-12(16,9-13)4-2-3-5-18/h5-6,19H,2-4,7-10H2,1H3. The minimum atomic E-state index is -0.0591. The van der Waals surface area contributed by atoms with Crippen LogP contribution in [0.1, 0.15) is 37.8 Å². The summed E-state index contributed by atoms with van der Waals surface area (Å²) in [5.41, 5.74) is 0.924. The highest BCUT2D eigenvalue weighted by atomic mass is 16.3. The lowest BCUT2D eigenvalue weighted by atomic mass is 9.65. The van der Waals surface area contributed by atoms with Gasteiger partial charge >= 0.3 is 0 Å². The van der Waals surface area contributed by atoms with Gasteiger partial charge in [0, 0.05) is 18.5 Å². The number of hydrogen-bond donors (Lipinski definition) is 1. The van der Waals surface area contributed by atoms with Crippen molar-refractivity contribution in [3.63, 3.8) is 0 Å². The third-order valence-electron chi connectivity index (χ3n) is 4.81. The minimum absolute atomic E-state index is 0.0519. The number of rotatable bonds is 6. The number of carbonyl (C=O) groups excluding carboxylic acids is 1. The molecule has 0 atom stereocenters. The van der Waals surface area contributed by atoms with Gasteiger partial charge in [0.25, 0.3) is 0 Å². The van der Waals surface area contributed by atoms with Crippen LogP contribution in [0, 0.1) is 0 Å². The largest absolute Gasteiger partial charge is 0.390 e. The highest BCUT2D eigenvalue weighted by Crippen LogP contribution is 2.58. The highest BCUT2D eigenvalue weighted by Gasteiger charge is 2.65. The summed E-state index contributed by atoms with van der Waals surface area (Å²) >= 11 is 0. The lowest BCUT2D eigenvalue weighted by Crippen LogP contribution is -2.52. The number of aliphatic hydroxyl groups is 1. The van der Waals surface area contributed by atoms with Crippen LogP contribution in [0.15, 0.2) is 6.20 Å². The minimum Gasteiger partial charge on any atom is -0.390 e. The third kappa shape index (κ3) is 1.81. The van der Waals surface area contributed by atoms with Gasteiger partial charge in [0.05, 0.1) is 18.3 Å². The molecule has 1 saturated carbocycles. The van der Waals surface area contributed by atoms with Crippen LogP contribution in [0.4, 0.5) is 0 Å². The normalized spacial score (nSPS) is 33.4. The number of fused-ring (bicyclic) bond motifs is 1. The van der Waals surface area contributed by atoms with E-state index in [0.29, 0.717) is 12.1 Å². The molecule has 0 aromatic carbocycles. The predicted molar refractivity (Wildman–Crippen MR) is 68.4 cm³/mol. The monoisotopic (exact) mass is 264 g/mol. The fraction of sp³-hybridized carbons (Fsp3) is 0.769. The molecule has 0 unspecified atom stereocenters. The summed E-state index contributed by atoms with van der Waals surface area (Å²) in [5, 5.41) is 17.2. The van der Waals surface area contributed by atoms with Crippen LogP contribution in [0.2, 0.25) is 0 Å². The van der Waals surface area contributed by atoms with E-state index in [-0.39, 0.29) is 17.7 Å². The Bertz CT molecular complexity index is 479. The van der Waals surface area contributed by atoms with Gasteiger partial charge in [-0.25, -0.2) is 4.68 Å². The molecule has 1 aliphatic carbocycles. The van der Waals surface area contributed by atoms with Gasteiger partial charge in [-0.1, -0.05) is 5.21 Å². The molecule has 3 heterocycles. The van der Waals surface area contributed by atoms with Gasteiger partial charge in [-0.2, -0.15) is 0 Å². The molecule has 104 valence electrons. The van der Waals surface area contributed by atoms with E-state index in [4.69, 9.17) is 5.11 Å². The summed E-state index contributed by atoms with van der Waals surface area (Å²) in [5.74, 6) is 0. The molecular weight excluding hydrogens is 244 g/mol. The van der Waals surface area contributed by atoms with Crippen LogP contribution < -0.4 is 0 Å². The van der Waals surface area contributed by atoms with Gasteiger partial charge in [-0.05, 0) is 32.7 Å². The second-order valence-corrected chi connectivity index (χ2v) is 6.03. The number of aromatic nitrogens is 3. The van der Waals surface area contributed by atoms with E-state index in [0.717, 1.165) is 38.5 Å². The molecule has 1 aromatic heterocycles. The van der Waals surface area contributed by atoms with Gasteiger partial charge in [-0.15, -0.1) is 5.10 Å². The Morgan fingerprint density at radius 1 is 1.53 bits per heavy atom. The summed E-state index contributed by atoms with van der Waals surface area (Å²) in [6.07, 6.45) is 7.69. The van der Waals surface area contributed by atoms with Crippen molar-refractivity contribution in [2.45, 2.75) is 49.8 Å². The molecule has 4 rings (SSSR count). The van der Waals surface area contributed by atoms with E-state index in [2.05, 4.69) is 22.3 Å². The molecule has 3 fully saturated rings. The first-order valence-electron chi connectivity index (χ1n) is 6.82. The Morgan fingerprint density at radius 3 is 2.95 bits per heavy atom. The van der Waals surface area contributed by atoms with Crippen molar-refractivity contribution in [1.29, 1.82) is 0 Å². The maximum Gasteiger partial charge on any atom is 0.119 e. The lowest BCUT2D eigenvalue weighted by molar-refractivity contribution is -0.108. The van der Waals surface area contributed by atoms with Crippen molar-refractivity contribution < 1.29 is 9.90 Å². The van der Waals surface area contributed by atoms with Crippen molar-refractivity contribution in [3.05, 3.63) is 11.9 Å². The topological polar surface area (TPSA) is 71.2 Å². The zero-order chi connectivity index (χ0) is 13.5. The zero-order valence-corrected chi connectivity index (χ0v) is 11.2. The third-order valence-corrected chi connectivity index (χ3v) is 4.81. The summed E-state index contributed by atoms with van der Waals surface area (Å²) in [6.45, 7) is 0.915. The fourth-order valence-corrected chi connectivity index (χ4v) is 3.88. The molecule has 1 N–H and O–H groups in total. The Hall–Kier alpha value is -1.27. The van der Waals surface area contributed by atoms with E-state index < -0.39 is 0 Å². The average molecular weight is 264 g/mol. The molecule has 0 spiro atoms. The molecule has 2 bridgehead atoms. The first-order valence-corrected chi connectivity index (χ1v) is 6.82. The molecule has 6 nitrogen and oxygen atoms in total. The number of hydrogen-bond acceptors (Lipinski definition) is 5. The number of nitrogens with zero attached hydrogens (tertiary/aromatic N) is 4.